The van der Waals surface area contributed by atoms with Crippen molar-refractivity contribution in [2.24, 2.45) is 0 Å². The van der Waals surface area contributed by atoms with Crippen molar-refractivity contribution in [3.05, 3.63) is 24.0 Å². The third kappa shape index (κ3) is 0.920. The van der Waals surface area contributed by atoms with Gasteiger partial charge in [-0.15, -0.1) is 10.2 Å². The minimum atomic E-state index is 0.653. The SMILES string of the molecule is Cc1ccnc2nnncc12. The lowest BCUT2D eigenvalue weighted by molar-refractivity contribution is 0.884. The molecule has 0 unspecified atom stereocenters. The van der Waals surface area contributed by atoms with Crippen molar-refractivity contribution in [1.29, 1.82) is 0 Å². The number of aryl methyl sites for hydroxylation is 1. The first-order chi connectivity index (χ1) is 5.38. The van der Waals surface area contributed by atoms with E-state index in [1.807, 2.05) is 13.0 Å². The molecule has 0 saturated carbocycles. The summed E-state index contributed by atoms with van der Waals surface area (Å²) in [7, 11) is 0. The lowest BCUT2D eigenvalue weighted by atomic mass is 10.2. The quantitative estimate of drug-likeness (QED) is 0.549. The highest BCUT2D eigenvalue weighted by Gasteiger charge is 1.96. The Morgan fingerprint density at radius 2 is 2.27 bits per heavy atom. The topological polar surface area (TPSA) is 51.6 Å². The summed E-state index contributed by atoms with van der Waals surface area (Å²) < 4.78 is 0. The van der Waals surface area contributed by atoms with Crippen LogP contribution in [-0.2, 0) is 0 Å². The summed E-state index contributed by atoms with van der Waals surface area (Å²) in [6.07, 6.45) is 3.39. The van der Waals surface area contributed by atoms with Crippen molar-refractivity contribution in [2.75, 3.05) is 0 Å². The molecule has 11 heavy (non-hydrogen) atoms. The molecule has 0 radical (unpaired) electrons. The van der Waals surface area contributed by atoms with Gasteiger partial charge < -0.3 is 0 Å². The number of rotatable bonds is 0. The van der Waals surface area contributed by atoms with Crippen LogP contribution in [0.5, 0.6) is 0 Å². The predicted molar refractivity (Wildman–Crippen MR) is 39.9 cm³/mol. The fraction of sp³-hybridized carbons (Fsp3) is 0.143. The monoisotopic (exact) mass is 146 g/mol. The summed E-state index contributed by atoms with van der Waals surface area (Å²) >= 11 is 0. The number of aromatic nitrogens is 4. The summed E-state index contributed by atoms with van der Waals surface area (Å²) in [5.41, 5.74) is 1.78. The Kier molecular flexibility index (Phi) is 1.25. The molecule has 0 spiro atoms. The van der Waals surface area contributed by atoms with Crippen LogP contribution in [0.3, 0.4) is 0 Å². The fourth-order valence-electron chi connectivity index (χ4n) is 0.946. The Hall–Kier alpha value is -1.58. The molecule has 2 rings (SSSR count). The van der Waals surface area contributed by atoms with Crippen molar-refractivity contribution in [3.8, 4) is 0 Å². The first kappa shape index (κ1) is 6.15. The van der Waals surface area contributed by atoms with Crippen LogP contribution in [-0.4, -0.2) is 20.4 Å². The molecule has 4 nitrogen and oxygen atoms in total. The van der Waals surface area contributed by atoms with Gasteiger partial charge in [-0.1, -0.05) is 0 Å². The Bertz CT molecular complexity index is 380. The van der Waals surface area contributed by atoms with Gasteiger partial charge >= 0.3 is 0 Å². The van der Waals surface area contributed by atoms with Crippen LogP contribution in [0.15, 0.2) is 18.5 Å². The van der Waals surface area contributed by atoms with Crippen LogP contribution in [0.2, 0.25) is 0 Å². The predicted octanol–water partition coefficient (Wildman–Crippen LogP) is 0.728. The molecule has 0 atom stereocenters. The van der Waals surface area contributed by atoms with Crippen LogP contribution in [0.1, 0.15) is 5.56 Å². The molecule has 0 saturated heterocycles. The summed E-state index contributed by atoms with van der Waals surface area (Å²) in [6, 6.07) is 1.92. The van der Waals surface area contributed by atoms with Gasteiger partial charge in [0.25, 0.3) is 0 Å². The average Bonchev–Trinajstić information content (AvgIpc) is 2.06. The van der Waals surface area contributed by atoms with Gasteiger partial charge in [-0.05, 0) is 23.8 Å². The van der Waals surface area contributed by atoms with Crippen LogP contribution in [0.4, 0.5) is 0 Å². The lowest BCUT2D eigenvalue weighted by Gasteiger charge is -1.95. The van der Waals surface area contributed by atoms with Crippen molar-refractivity contribution >= 4 is 11.0 Å². The molecule has 0 N–H and O–H groups in total. The van der Waals surface area contributed by atoms with Crippen LogP contribution < -0.4 is 0 Å². The molecule has 0 aliphatic carbocycles. The van der Waals surface area contributed by atoms with Crippen LogP contribution in [0.25, 0.3) is 11.0 Å². The van der Waals surface area contributed by atoms with Crippen molar-refractivity contribution in [2.45, 2.75) is 6.92 Å². The Morgan fingerprint density at radius 1 is 1.36 bits per heavy atom. The zero-order chi connectivity index (χ0) is 7.68. The normalized spacial score (nSPS) is 10.3. The van der Waals surface area contributed by atoms with E-state index in [9.17, 15) is 0 Å². The minimum absolute atomic E-state index is 0.653. The molecule has 4 heteroatoms. The lowest BCUT2D eigenvalue weighted by Crippen LogP contribution is -1.90. The van der Waals surface area contributed by atoms with E-state index in [4.69, 9.17) is 0 Å². The van der Waals surface area contributed by atoms with Gasteiger partial charge in [-0.3, -0.25) is 0 Å². The van der Waals surface area contributed by atoms with Gasteiger partial charge in [0.15, 0.2) is 5.65 Å². The molecule has 0 aliphatic rings. The molecule has 0 fully saturated rings. The summed E-state index contributed by atoms with van der Waals surface area (Å²) in [5.74, 6) is 0. The second-order valence-corrected chi connectivity index (χ2v) is 2.30. The Balaban J connectivity index is 2.91. The van der Waals surface area contributed by atoms with Gasteiger partial charge in [-0.25, -0.2) is 4.98 Å². The van der Waals surface area contributed by atoms with E-state index in [1.54, 1.807) is 12.4 Å². The first-order valence-corrected chi connectivity index (χ1v) is 3.27. The number of hydrogen-bond donors (Lipinski definition) is 0. The van der Waals surface area contributed by atoms with E-state index in [1.165, 1.54) is 0 Å². The largest absolute Gasteiger partial charge is 0.235 e. The number of nitrogens with zero attached hydrogens (tertiary/aromatic N) is 4. The van der Waals surface area contributed by atoms with Crippen LogP contribution in [0, 0.1) is 6.92 Å². The third-order valence-corrected chi connectivity index (χ3v) is 1.57. The number of fused-ring (bicyclic) bond motifs is 1. The van der Waals surface area contributed by atoms with Gasteiger partial charge in [0.05, 0.1) is 6.20 Å². The zero-order valence-electron chi connectivity index (χ0n) is 6.02. The van der Waals surface area contributed by atoms with E-state index in [0.717, 1.165) is 10.9 Å². The van der Waals surface area contributed by atoms with Gasteiger partial charge in [0.1, 0.15) is 0 Å². The fourth-order valence-corrected chi connectivity index (χ4v) is 0.946. The molecular formula is C7H6N4. The Morgan fingerprint density at radius 3 is 3.09 bits per heavy atom. The van der Waals surface area contributed by atoms with Crippen LogP contribution >= 0.6 is 0 Å². The Labute approximate surface area is 63.3 Å². The molecule has 54 valence electrons. The molecule has 0 aliphatic heterocycles. The highest BCUT2D eigenvalue weighted by Crippen LogP contribution is 2.09. The highest BCUT2D eigenvalue weighted by atomic mass is 15.3. The highest BCUT2D eigenvalue weighted by molar-refractivity contribution is 5.76. The summed E-state index contributed by atoms with van der Waals surface area (Å²) in [4.78, 5) is 4.03. The maximum absolute atomic E-state index is 4.03. The van der Waals surface area contributed by atoms with E-state index in [-0.39, 0.29) is 0 Å². The maximum Gasteiger partial charge on any atom is 0.185 e. The molecular weight excluding hydrogens is 140 g/mol. The number of pyridine rings is 1. The summed E-state index contributed by atoms with van der Waals surface area (Å²) in [6.45, 7) is 1.99. The van der Waals surface area contributed by atoms with Gasteiger partial charge in [-0.2, -0.15) is 0 Å². The first-order valence-electron chi connectivity index (χ1n) is 3.27. The standard InChI is InChI=1S/C7H6N4/c1-5-2-3-8-7-6(5)4-9-11-10-7/h2-4H,1H3. The molecule has 2 heterocycles. The smallest absolute Gasteiger partial charge is 0.185 e. The second kappa shape index (κ2) is 2.23. The van der Waals surface area contributed by atoms with E-state index in [2.05, 4.69) is 20.4 Å². The van der Waals surface area contributed by atoms with Crippen molar-refractivity contribution in [1.82, 2.24) is 20.4 Å². The van der Waals surface area contributed by atoms with Crippen molar-refractivity contribution in [3.63, 3.8) is 0 Å². The molecule has 0 amide bonds. The second-order valence-electron chi connectivity index (χ2n) is 2.30. The van der Waals surface area contributed by atoms with E-state index < -0.39 is 0 Å². The zero-order valence-corrected chi connectivity index (χ0v) is 6.02. The minimum Gasteiger partial charge on any atom is -0.235 e. The van der Waals surface area contributed by atoms with E-state index in [0.29, 0.717) is 5.65 Å². The maximum atomic E-state index is 4.03. The molecule has 2 aromatic heterocycles. The molecule has 0 bridgehead atoms. The van der Waals surface area contributed by atoms with Gasteiger partial charge in [0.2, 0.25) is 0 Å². The summed E-state index contributed by atoms with van der Waals surface area (Å²) in [5, 5.41) is 11.9. The van der Waals surface area contributed by atoms with Gasteiger partial charge in [0, 0.05) is 11.6 Å². The molecule has 0 aromatic carbocycles. The average molecular weight is 146 g/mol. The van der Waals surface area contributed by atoms with E-state index >= 15 is 0 Å². The molecule has 2 aromatic rings. The number of hydrogen-bond acceptors (Lipinski definition) is 4. The third-order valence-electron chi connectivity index (χ3n) is 1.57. The van der Waals surface area contributed by atoms with Crippen molar-refractivity contribution < 1.29 is 0 Å².